The van der Waals surface area contributed by atoms with Crippen LogP contribution in [0.1, 0.15) is 32.6 Å². The number of carbonyl (C=O) groups is 1. The van der Waals surface area contributed by atoms with Crippen molar-refractivity contribution in [3.63, 3.8) is 0 Å². The molecule has 1 heterocycles. The second-order valence-corrected chi connectivity index (χ2v) is 5.69. The highest BCUT2D eigenvalue weighted by molar-refractivity contribution is 5.86. The lowest BCUT2D eigenvalue weighted by Gasteiger charge is -2.38. The van der Waals surface area contributed by atoms with Gasteiger partial charge in [0, 0.05) is 39.3 Å². The summed E-state index contributed by atoms with van der Waals surface area (Å²) in [6.45, 7) is 8.03. The Morgan fingerprint density at radius 2 is 1.84 bits per heavy atom. The first-order valence-corrected chi connectivity index (χ1v) is 7.54. The molecule has 110 valence electrons. The van der Waals surface area contributed by atoms with Crippen molar-refractivity contribution in [3.8, 4) is 0 Å². The normalized spacial score (nSPS) is 23.8. The maximum absolute atomic E-state index is 12.4. The second kappa shape index (κ2) is 6.68. The standard InChI is InChI=1S/C14H27N3O2/c1-2-19-12-11-16-7-9-17(10-8-16)13(18)14(15)5-3-4-6-14/h2-12,15H2,1H3. The Hall–Kier alpha value is -0.650. The number of amides is 1. The lowest BCUT2D eigenvalue weighted by molar-refractivity contribution is -0.138. The summed E-state index contributed by atoms with van der Waals surface area (Å²) in [5, 5.41) is 0. The van der Waals surface area contributed by atoms with E-state index in [-0.39, 0.29) is 5.91 Å². The van der Waals surface area contributed by atoms with Gasteiger partial charge in [-0.3, -0.25) is 9.69 Å². The zero-order valence-corrected chi connectivity index (χ0v) is 12.1. The van der Waals surface area contributed by atoms with E-state index in [9.17, 15) is 4.79 Å². The molecule has 0 radical (unpaired) electrons. The first kappa shape index (κ1) is 14.8. The number of hydrogen-bond donors (Lipinski definition) is 1. The van der Waals surface area contributed by atoms with Gasteiger partial charge in [0.15, 0.2) is 0 Å². The van der Waals surface area contributed by atoms with Crippen molar-refractivity contribution in [1.82, 2.24) is 9.80 Å². The van der Waals surface area contributed by atoms with Gasteiger partial charge in [0.2, 0.25) is 5.91 Å². The van der Waals surface area contributed by atoms with Crippen molar-refractivity contribution in [3.05, 3.63) is 0 Å². The molecule has 0 aromatic rings. The number of nitrogens with zero attached hydrogens (tertiary/aromatic N) is 2. The molecule has 0 atom stereocenters. The van der Waals surface area contributed by atoms with Crippen LogP contribution in [0.3, 0.4) is 0 Å². The molecule has 2 aliphatic rings. The molecule has 0 aromatic heterocycles. The summed E-state index contributed by atoms with van der Waals surface area (Å²) >= 11 is 0. The molecule has 2 fully saturated rings. The Kier molecular flexibility index (Phi) is 5.19. The summed E-state index contributed by atoms with van der Waals surface area (Å²) in [5.41, 5.74) is 5.68. The molecule has 19 heavy (non-hydrogen) atoms. The Labute approximate surface area is 116 Å². The molecule has 1 aliphatic carbocycles. The van der Waals surface area contributed by atoms with Gasteiger partial charge in [0.25, 0.3) is 0 Å². The predicted molar refractivity (Wildman–Crippen MR) is 74.9 cm³/mol. The topological polar surface area (TPSA) is 58.8 Å². The average molecular weight is 269 g/mol. The van der Waals surface area contributed by atoms with Gasteiger partial charge in [-0.25, -0.2) is 0 Å². The molecule has 0 aromatic carbocycles. The van der Waals surface area contributed by atoms with Crippen LogP contribution in [-0.2, 0) is 9.53 Å². The number of ether oxygens (including phenoxy) is 1. The molecular formula is C14H27N3O2. The number of rotatable bonds is 5. The van der Waals surface area contributed by atoms with Crippen molar-refractivity contribution in [1.29, 1.82) is 0 Å². The summed E-state index contributed by atoms with van der Waals surface area (Å²) in [5.74, 6) is 0.175. The molecule has 0 bridgehead atoms. The minimum atomic E-state index is -0.562. The summed E-state index contributed by atoms with van der Waals surface area (Å²) in [6, 6.07) is 0. The third-order valence-corrected chi connectivity index (χ3v) is 4.34. The quantitative estimate of drug-likeness (QED) is 0.736. The molecule has 1 saturated carbocycles. The van der Waals surface area contributed by atoms with Gasteiger partial charge < -0.3 is 15.4 Å². The average Bonchev–Trinajstić information content (AvgIpc) is 2.87. The number of hydrogen-bond acceptors (Lipinski definition) is 4. The maximum Gasteiger partial charge on any atom is 0.242 e. The van der Waals surface area contributed by atoms with E-state index in [1.807, 2.05) is 11.8 Å². The fourth-order valence-electron chi connectivity index (χ4n) is 3.05. The third kappa shape index (κ3) is 3.68. The van der Waals surface area contributed by atoms with Crippen LogP contribution < -0.4 is 5.73 Å². The lowest BCUT2D eigenvalue weighted by Crippen LogP contribution is -2.58. The Morgan fingerprint density at radius 3 is 2.42 bits per heavy atom. The molecule has 1 aliphatic heterocycles. The highest BCUT2D eigenvalue weighted by Crippen LogP contribution is 2.29. The van der Waals surface area contributed by atoms with Crippen molar-refractivity contribution in [2.24, 2.45) is 5.73 Å². The van der Waals surface area contributed by atoms with Crippen LogP contribution in [-0.4, -0.2) is 67.2 Å². The van der Waals surface area contributed by atoms with Crippen LogP contribution in [0.2, 0.25) is 0 Å². The van der Waals surface area contributed by atoms with E-state index in [4.69, 9.17) is 10.5 Å². The monoisotopic (exact) mass is 269 g/mol. The van der Waals surface area contributed by atoms with Crippen LogP contribution >= 0.6 is 0 Å². The van der Waals surface area contributed by atoms with Gasteiger partial charge in [-0.2, -0.15) is 0 Å². The Balaban J connectivity index is 1.75. The van der Waals surface area contributed by atoms with Crippen molar-refractivity contribution in [2.75, 3.05) is 45.9 Å². The molecule has 5 nitrogen and oxygen atoms in total. The summed E-state index contributed by atoms with van der Waals surface area (Å²) in [4.78, 5) is 16.8. The highest BCUT2D eigenvalue weighted by atomic mass is 16.5. The van der Waals surface area contributed by atoms with Crippen LogP contribution in [0.4, 0.5) is 0 Å². The van der Waals surface area contributed by atoms with Gasteiger partial charge in [0.1, 0.15) is 0 Å². The molecule has 2 N–H and O–H groups in total. The smallest absolute Gasteiger partial charge is 0.242 e. The van der Waals surface area contributed by atoms with E-state index in [0.717, 1.165) is 71.6 Å². The van der Waals surface area contributed by atoms with Crippen molar-refractivity contribution in [2.45, 2.75) is 38.1 Å². The number of nitrogens with two attached hydrogens (primary N) is 1. The molecular weight excluding hydrogens is 242 g/mol. The predicted octanol–water partition coefficient (Wildman–Crippen LogP) is 0.439. The Morgan fingerprint density at radius 1 is 1.21 bits per heavy atom. The summed E-state index contributed by atoms with van der Waals surface area (Å²) in [6.07, 6.45) is 3.90. The summed E-state index contributed by atoms with van der Waals surface area (Å²) < 4.78 is 5.37. The van der Waals surface area contributed by atoms with Crippen molar-refractivity contribution >= 4 is 5.91 Å². The number of carbonyl (C=O) groups excluding carboxylic acids is 1. The first-order valence-electron chi connectivity index (χ1n) is 7.54. The fraction of sp³-hybridized carbons (Fsp3) is 0.929. The third-order valence-electron chi connectivity index (χ3n) is 4.34. The molecule has 5 heteroatoms. The van der Waals surface area contributed by atoms with Gasteiger partial charge in [-0.1, -0.05) is 12.8 Å². The Bertz CT molecular complexity index is 295. The van der Waals surface area contributed by atoms with Gasteiger partial charge >= 0.3 is 0 Å². The van der Waals surface area contributed by atoms with Crippen LogP contribution in [0.25, 0.3) is 0 Å². The molecule has 1 saturated heterocycles. The molecule has 0 unspecified atom stereocenters. The molecule has 0 spiro atoms. The van der Waals surface area contributed by atoms with Crippen LogP contribution in [0, 0.1) is 0 Å². The summed E-state index contributed by atoms with van der Waals surface area (Å²) in [7, 11) is 0. The van der Waals surface area contributed by atoms with E-state index in [1.54, 1.807) is 0 Å². The molecule has 1 amide bonds. The largest absolute Gasteiger partial charge is 0.380 e. The minimum Gasteiger partial charge on any atom is -0.380 e. The van der Waals surface area contributed by atoms with Gasteiger partial charge in [-0.05, 0) is 19.8 Å². The number of piperazine rings is 1. The van der Waals surface area contributed by atoms with Gasteiger partial charge in [0.05, 0.1) is 12.1 Å². The second-order valence-electron chi connectivity index (χ2n) is 5.69. The van der Waals surface area contributed by atoms with E-state index in [1.165, 1.54) is 0 Å². The minimum absolute atomic E-state index is 0.175. The van der Waals surface area contributed by atoms with E-state index in [2.05, 4.69) is 4.90 Å². The zero-order valence-electron chi connectivity index (χ0n) is 12.1. The van der Waals surface area contributed by atoms with Crippen molar-refractivity contribution < 1.29 is 9.53 Å². The van der Waals surface area contributed by atoms with Gasteiger partial charge in [-0.15, -0.1) is 0 Å². The SMILES string of the molecule is CCOCCN1CCN(C(=O)C2(N)CCCC2)CC1. The first-order chi connectivity index (χ1) is 9.15. The zero-order chi connectivity index (χ0) is 13.7. The maximum atomic E-state index is 12.4. The van der Waals surface area contributed by atoms with E-state index >= 15 is 0 Å². The van der Waals surface area contributed by atoms with Crippen LogP contribution in [0.15, 0.2) is 0 Å². The van der Waals surface area contributed by atoms with E-state index < -0.39 is 5.54 Å². The fourth-order valence-corrected chi connectivity index (χ4v) is 3.05. The van der Waals surface area contributed by atoms with Crippen LogP contribution in [0.5, 0.6) is 0 Å². The molecule has 2 rings (SSSR count). The lowest BCUT2D eigenvalue weighted by atomic mass is 9.97. The highest BCUT2D eigenvalue weighted by Gasteiger charge is 2.40. The van der Waals surface area contributed by atoms with E-state index in [0.29, 0.717) is 0 Å².